The van der Waals surface area contributed by atoms with Gasteiger partial charge < -0.3 is 0 Å². The minimum atomic E-state index is 0.0694. The van der Waals surface area contributed by atoms with Gasteiger partial charge in [0.1, 0.15) is 4.83 Å². The molecule has 0 aliphatic heterocycles. The van der Waals surface area contributed by atoms with Crippen LogP contribution in [0.4, 0.5) is 0 Å². The summed E-state index contributed by atoms with van der Waals surface area (Å²) in [6.45, 7) is 8.24. The van der Waals surface area contributed by atoms with E-state index in [4.69, 9.17) is 0 Å². The van der Waals surface area contributed by atoms with E-state index in [1.54, 1.807) is 34.7 Å². The molecule has 3 nitrogen and oxygen atoms in total. The van der Waals surface area contributed by atoms with E-state index >= 15 is 0 Å². The van der Waals surface area contributed by atoms with Crippen LogP contribution in [0.3, 0.4) is 0 Å². The van der Waals surface area contributed by atoms with Crippen molar-refractivity contribution in [3.05, 3.63) is 20.8 Å². The number of hydrogen-bond acceptors (Lipinski definition) is 4. The molecule has 0 aromatic carbocycles. The summed E-state index contributed by atoms with van der Waals surface area (Å²) in [7, 11) is 1.80. The van der Waals surface area contributed by atoms with Crippen LogP contribution in [0, 0.1) is 13.8 Å². The first-order valence-corrected chi connectivity index (χ1v) is 7.24. The summed E-state index contributed by atoms with van der Waals surface area (Å²) in [6.07, 6.45) is 0. The first kappa shape index (κ1) is 12.6. The van der Waals surface area contributed by atoms with Crippen LogP contribution in [0.2, 0.25) is 0 Å². The molecule has 2 aromatic heterocycles. The summed E-state index contributed by atoms with van der Waals surface area (Å²) in [6, 6.07) is 0. The van der Waals surface area contributed by atoms with E-state index in [1.165, 1.54) is 4.88 Å². The monoisotopic (exact) mass is 268 g/mol. The van der Waals surface area contributed by atoms with E-state index < -0.39 is 0 Å². The standard InChI is InChI=1S/C12H16N2OS2/c1-6(2)16-12-13-10-9(11(15)14(12)5)7(3)8(4)17-10/h6H,1-5H3. The van der Waals surface area contributed by atoms with E-state index in [2.05, 4.69) is 18.8 Å². The molecule has 17 heavy (non-hydrogen) atoms. The predicted molar refractivity (Wildman–Crippen MR) is 75.3 cm³/mol. The number of rotatable bonds is 2. The first-order valence-electron chi connectivity index (χ1n) is 5.55. The molecule has 2 aromatic rings. The normalized spacial score (nSPS) is 11.6. The van der Waals surface area contributed by atoms with Gasteiger partial charge >= 0.3 is 0 Å². The fourth-order valence-electron chi connectivity index (χ4n) is 1.67. The third-order valence-electron chi connectivity index (χ3n) is 2.71. The molecule has 5 heteroatoms. The molecular formula is C12H16N2OS2. The molecule has 0 unspecified atom stereocenters. The molecule has 0 saturated carbocycles. The van der Waals surface area contributed by atoms with Crippen LogP contribution < -0.4 is 5.56 Å². The Hall–Kier alpha value is -0.810. The number of aromatic nitrogens is 2. The second-order valence-corrected chi connectivity index (χ2v) is 7.14. The Bertz CT molecular complexity index is 625. The molecule has 92 valence electrons. The van der Waals surface area contributed by atoms with Gasteiger partial charge in [0.25, 0.3) is 5.56 Å². The van der Waals surface area contributed by atoms with E-state index in [1.807, 2.05) is 13.8 Å². The minimum Gasteiger partial charge on any atom is -0.290 e. The zero-order chi connectivity index (χ0) is 12.7. The topological polar surface area (TPSA) is 34.9 Å². The Morgan fingerprint density at radius 1 is 1.35 bits per heavy atom. The van der Waals surface area contributed by atoms with Gasteiger partial charge in [0, 0.05) is 17.2 Å². The molecule has 0 fully saturated rings. The summed E-state index contributed by atoms with van der Waals surface area (Å²) < 4.78 is 1.66. The number of aryl methyl sites for hydroxylation is 2. The predicted octanol–water partition coefficient (Wildman–Crippen LogP) is 3.11. The van der Waals surface area contributed by atoms with E-state index in [-0.39, 0.29) is 5.56 Å². The average molecular weight is 268 g/mol. The molecular weight excluding hydrogens is 252 g/mol. The maximum Gasteiger partial charge on any atom is 0.262 e. The Morgan fingerprint density at radius 3 is 2.59 bits per heavy atom. The van der Waals surface area contributed by atoms with Crippen molar-refractivity contribution in [1.82, 2.24) is 9.55 Å². The fraction of sp³-hybridized carbons (Fsp3) is 0.500. The number of thioether (sulfide) groups is 1. The Balaban J connectivity index is 2.75. The summed E-state index contributed by atoms with van der Waals surface area (Å²) >= 11 is 3.23. The van der Waals surface area contributed by atoms with Crippen molar-refractivity contribution in [2.75, 3.05) is 0 Å². The van der Waals surface area contributed by atoms with Gasteiger partial charge in [-0.05, 0) is 19.4 Å². The second-order valence-electron chi connectivity index (χ2n) is 4.39. The molecule has 2 heterocycles. The number of thiophene rings is 1. The average Bonchev–Trinajstić information content (AvgIpc) is 2.50. The molecule has 0 radical (unpaired) electrons. The van der Waals surface area contributed by atoms with Crippen molar-refractivity contribution in [3.63, 3.8) is 0 Å². The highest BCUT2D eigenvalue weighted by Gasteiger charge is 2.15. The fourth-order valence-corrected chi connectivity index (χ4v) is 3.56. The number of hydrogen-bond donors (Lipinski definition) is 0. The van der Waals surface area contributed by atoms with E-state index in [0.717, 1.165) is 20.9 Å². The molecule has 0 atom stereocenters. The number of fused-ring (bicyclic) bond motifs is 1. The van der Waals surface area contributed by atoms with Crippen LogP contribution in [0.1, 0.15) is 24.3 Å². The molecule has 0 spiro atoms. The Kier molecular flexibility index (Phi) is 3.32. The lowest BCUT2D eigenvalue weighted by atomic mass is 10.2. The van der Waals surface area contributed by atoms with Gasteiger partial charge in [-0.2, -0.15) is 0 Å². The molecule has 2 rings (SSSR count). The van der Waals surface area contributed by atoms with Gasteiger partial charge in [-0.1, -0.05) is 25.6 Å². The van der Waals surface area contributed by atoms with Gasteiger partial charge in [0.15, 0.2) is 5.16 Å². The third kappa shape index (κ3) is 2.13. The van der Waals surface area contributed by atoms with Crippen molar-refractivity contribution < 1.29 is 0 Å². The summed E-state index contributed by atoms with van der Waals surface area (Å²) in [5.74, 6) is 0. The van der Waals surface area contributed by atoms with E-state index in [9.17, 15) is 4.79 Å². The summed E-state index contributed by atoms with van der Waals surface area (Å²) in [4.78, 5) is 18.9. The molecule has 0 N–H and O–H groups in total. The minimum absolute atomic E-state index is 0.0694. The van der Waals surface area contributed by atoms with Crippen LogP contribution >= 0.6 is 23.1 Å². The Morgan fingerprint density at radius 2 is 2.00 bits per heavy atom. The largest absolute Gasteiger partial charge is 0.290 e. The zero-order valence-electron chi connectivity index (χ0n) is 10.7. The molecule has 0 amide bonds. The molecule has 0 bridgehead atoms. The van der Waals surface area contributed by atoms with Crippen LogP contribution in [0.15, 0.2) is 9.95 Å². The highest BCUT2D eigenvalue weighted by Crippen LogP contribution is 2.28. The third-order valence-corrected chi connectivity index (χ3v) is 4.86. The van der Waals surface area contributed by atoms with Crippen molar-refractivity contribution >= 4 is 33.3 Å². The zero-order valence-corrected chi connectivity index (χ0v) is 12.3. The molecule has 0 aliphatic rings. The van der Waals surface area contributed by atoms with Crippen LogP contribution in [-0.4, -0.2) is 14.8 Å². The van der Waals surface area contributed by atoms with Crippen molar-refractivity contribution in [1.29, 1.82) is 0 Å². The van der Waals surface area contributed by atoms with Gasteiger partial charge in [-0.15, -0.1) is 11.3 Å². The SMILES string of the molecule is Cc1sc2nc(SC(C)C)n(C)c(=O)c2c1C. The summed E-state index contributed by atoms with van der Waals surface area (Å²) in [5.41, 5.74) is 1.14. The van der Waals surface area contributed by atoms with Crippen LogP contribution in [-0.2, 0) is 7.05 Å². The quantitative estimate of drug-likeness (QED) is 0.620. The smallest absolute Gasteiger partial charge is 0.262 e. The van der Waals surface area contributed by atoms with Gasteiger partial charge in [0.05, 0.1) is 5.39 Å². The van der Waals surface area contributed by atoms with Crippen molar-refractivity contribution in [3.8, 4) is 0 Å². The maximum absolute atomic E-state index is 12.3. The van der Waals surface area contributed by atoms with Crippen molar-refractivity contribution in [2.24, 2.45) is 7.05 Å². The summed E-state index contributed by atoms with van der Waals surface area (Å²) in [5, 5.41) is 2.01. The second kappa shape index (κ2) is 4.46. The highest BCUT2D eigenvalue weighted by atomic mass is 32.2. The molecule has 0 saturated heterocycles. The maximum atomic E-state index is 12.3. The van der Waals surface area contributed by atoms with Crippen LogP contribution in [0.25, 0.3) is 10.2 Å². The molecule has 0 aliphatic carbocycles. The van der Waals surface area contributed by atoms with Gasteiger partial charge in [-0.3, -0.25) is 9.36 Å². The number of nitrogens with zero attached hydrogens (tertiary/aromatic N) is 2. The van der Waals surface area contributed by atoms with E-state index in [0.29, 0.717) is 5.25 Å². The first-order chi connectivity index (χ1) is 7.91. The lowest BCUT2D eigenvalue weighted by molar-refractivity contribution is 0.725. The Labute approximate surface area is 109 Å². The lowest BCUT2D eigenvalue weighted by Gasteiger charge is -2.08. The van der Waals surface area contributed by atoms with Crippen LogP contribution in [0.5, 0.6) is 0 Å². The van der Waals surface area contributed by atoms with Crippen molar-refractivity contribution in [2.45, 2.75) is 38.1 Å². The highest BCUT2D eigenvalue weighted by molar-refractivity contribution is 7.99. The lowest BCUT2D eigenvalue weighted by Crippen LogP contribution is -2.20. The van der Waals surface area contributed by atoms with Gasteiger partial charge in [-0.25, -0.2) is 4.98 Å². The van der Waals surface area contributed by atoms with Gasteiger partial charge in [0.2, 0.25) is 0 Å².